The van der Waals surface area contributed by atoms with Crippen LogP contribution in [0.1, 0.15) is 22.1 Å². The van der Waals surface area contributed by atoms with Crippen LogP contribution in [-0.4, -0.2) is 32.2 Å². The molecule has 1 atom stereocenters. The maximum absolute atomic E-state index is 12.4. The van der Waals surface area contributed by atoms with Crippen LogP contribution in [0.15, 0.2) is 30.3 Å². The number of hydrogen-bond acceptors (Lipinski definition) is 7. The number of nitro benzene ring substituents is 1. The van der Waals surface area contributed by atoms with Crippen LogP contribution in [0, 0.1) is 10.1 Å². The van der Waals surface area contributed by atoms with Gasteiger partial charge in [0.2, 0.25) is 5.75 Å². The van der Waals surface area contributed by atoms with Crippen LogP contribution in [0.2, 0.25) is 0 Å². The van der Waals surface area contributed by atoms with E-state index >= 15 is 0 Å². The van der Waals surface area contributed by atoms with Crippen molar-refractivity contribution in [3.8, 4) is 17.2 Å². The number of benzene rings is 2. The second-order valence-electron chi connectivity index (χ2n) is 5.50. The number of ether oxygens (including phenoxy) is 3. The van der Waals surface area contributed by atoms with E-state index in [4.69, 9.17) is 14.2 Å². The molecule has 136 valence electrons. The first kappa shape index (κ1) is 17.3. The van der Waals surface area contributed by atoms with E-state index in [1.807, 2.05) is 0 Å². The van der Waals surface area contributed by atoms with Crippen molar-refractivity contribution < 1.29 is 23.9 Å². The third kappa shape index (κ3) is 2.94. The topological polar surface area (TPSA) is 112 Å². The fourth-order valence-corrected chi connectivity index (χ4v) is 2.79. The van der Waals surface area contributed by atoms with E-state index in [-0.39, 0.29) is 11.3 Å². The standard InChI is InChI=1S/C17H17N3O6/c1-24-13-6-9(7-14(25-2)15(13)26-3)16-18-12-5-4-10(20(22)23)8-11(12)17(21)19-16/h4-8,16,18H,1-3H3,(H,19,21)/t16-/m1/s1. The number of rotatable bonds is 5. The van der Waals surface area contributed by atoms with Crippen molar-refractivity contribution in [1.29, 1.82) is 0 Å². The van der Waals surface area contributed by atoms with Crippen molar-refractivity contribution in [2.24, 2.45) is 0 Å². The summed E-state index contributed by atoms with van der Waals surface area (Å²) in [5.41, 5.74) is 1.24. The lowest BCUT2D eigenvalue weighted by molar-refractivity contribution is -0.384. The second-order valence-corrected chi connectivity index (χ2v) is 5.50. The molecule has 2 N–H and O–H groups in total. The summed E-state index contributed by atoms with van der Waals surface area (Å²) in [6, 6.07) is 7.53. The van der Waals surface area contributed by atoms with Gasteiger partial charge in [0.1, 0.15) is 6.17 Å². The van der Waals surface area contributed by atoms with Crippen molar-refractivity contribution in [2.75, 3.05) is 26.6 Å². The lowest BCUT2D eigenvalue weighted by atomic mass is 10.0. The SMILES string of the molecule is COc1cc([C@H]2NC(=O)c3cc([N+](=O)[O-])ccc3N2)cc(OC)c1OC. The molecule has 1 aliphatic rings. The van der Waals surface area contributed by atoms with Gasteiger partial charge in [-0.25, -0.2) is 0 Å². The van der Waals surface area contributed by atoms with Gasteiger partial charge in [-0.05, 0) is 18.2 Å². The second kappa shape index (κ2) is 6.79. The van der Waals surface area contributed by atoms with Crippen LogP contribution in [0.3, 0.4) is 0 Å². The Kier molecular flexibility index (Phi) is 4.53. The Balaban J connectivity index is 1.99. The Labute approximate surface area is 149 Å². The number of non-ortho nitro benzene ring substituents is 1. The Bertz CT molecular complexity index is 858. The van der Waals surface area contributed by atoms with Gasteiger partial charge in [0.15, 0.2) is 11.5 Å². The van der Waals surface area contributed by atoms with Crippen LogP contribution < -0.4 is 24.8 Å². The molecule has 1 aliphatic heterocycles. The summed E-state index contributed by atoms with van der Waals surface area (Å²) in [7, 11) is 4.51. The van der Waals surface area contributed by atoms with Crippen molar-refractivity contribution >= 4 is 17.3 Å². The van der Waals surface area contributed by atoms with Gasteiger partial charge < -0.3 is 24.8 Å². The zero-order chi connectivity index (χ0) is 18.8. The molecule has 3 rings (SSSR count). The molecule has 1 heterocycles. The number of nitro groups is 1. The lowest BCUT2D eigenvalue weighted by Gasteiger charge is -2.28. The normalized spacial score (nSPS) is 15.3. The molecule has 0 aromatic heterocycles. The highest BCUT2D eigenvalue weighted by atomic mass is 16.6. The molecule has 0 saturated heterocycles. The van der Waals surface area contributed by atoms with Crippen molar-refractivity contribution in [1.82, 2.24) is 5.32 Å². The molecule has 9 nitrogen and oxygen atoms in total. The maximum atomic E-state index is 12.4. The van der Waals surface area contributed by atoms with Crippen molar-refractivity contribution in [2.45, 2.75) is 6.17 Å². The predicted octanol–water partition coefficient (Wildman–Crippen LogP) is 2.47. The highest BCUT2D eigenvalue weighted by Gasteiger charge is 2.28. The van der Waals surface area contributed by atoms with Gasteiger partial charge in [-0.2, -0.15) is 0 Å². The van der Waals surface area contributed by atoms with Gasteiger partial charge in [-0.15, -0.1) is 0 Å². The van der Waals surface area contributed by atoms with Crippen LogP contribution in [0.4, 0.5) is 11.4 Å². The largest absolute Gasteiger partial charge is 0.493 e. The predicted molar refractivity (Wildman–Crippen MR) is 93.0 cm³/mol. The summed E-state index contributed by atoms with van der Waals surface area (Å²) in [4.78, 5) is 22.8. The van der Waals surface area contributed by atoms with Crippen molar-refractivity contribution in [3.63, 3.8) is 0 Å². The number of fused-ring (bicyclic) bond motifs is 1. The Hall–Kier alpha value is -3.49. The molecule has 0 aliphatic carbocycles. The van der Waals surface area contributed by atoms with Gasteiger partial charge in [-0.3, -0.25) is 14.9 Å². The molecule has 0 bridgehead atoms. The molecule has 0 fully saturated rings. The number of nitrogens with one attached hydrogen (secondary N) is 2. The first-order valence-electron chi connectivity index (χ1n) is 7.64. The molecule has 0 radical (unpaired) electrons. The molecule has 1 amide bonds. The fourth-order valence-electron chi connectivity index (χ4n) is 2.79. The molecule has 2 aromatic rings. The minimum Gasteiger partial charge on any atom is -0.493 e. The zero-order valence-electron chi connectivity index (χ0n) is 14.4. The number of hydrogen-bond donors (Lipinski definition) is 2. The summed E-state index contributed by atoms with van der Waals surface area (Å²) in [6.07, 6.45) is -0.565. The Morgan fingerprint density at radius 2 is 1.65 bits per heavy atom. The van der Waals surface area contributed by atoms with Crippen molar-refractivity contribution in [3.05, 3.63) is 51.6 Å². The summed E-state index contributed by atoms with van der Waals surface area (Å²) in [5.74, 6) is 0.929. The van der Waals surface area contributed by atoms with Gasteiger partial charge in [0.25, 0.3) is 11.6 Å². The van der Waals surface area contributed by atoms with Gasteiger partial charge in [0.05, 0.1) is 31.8 Å². The third-order valence-electron chi connectivity index (χ3n) is 4.05. The van der Waals surface area contributed by atoms with Crippen LogP contribution >= 0.6 is 0 Å². The molecule has 2 aromatic carbocycles. The van der Waals surface area contributed by atoms with E-state index in [0.29, 0.717) is 28.5 Å². The zero-order valence-corrected chi connectivity index (χ0v) is 14.4. The smallest absolute Gasteiger partial charge is 0.270 e. The fraction of sp³-hybridized carbons (Fsp3) is 0.235. The van der Waals surface area contributed by atoms with E-state index in [0.717, 1.165) is 0 Å². The van der Waals surface area contributed by atoms with Crippen LogP contribution in [0.5, 0.6) is 17.2 Å². The average Bonchev–Trinajstić information content (AvgIpc) is 2.66. The average molecular weight is 359 g/mol. The van der Waals surface area contributed by atoms with Crippen LogP contribution in [0.25, 0.3) is 0 Å². The number of carbonyl (C=O) groups is 1. The number of nitrogens with zero attached hydrogens (tertiary/aromatic N) is 1. The summed E-state index contributed by atoms with van der Waals surface area (Å²) in [6.45, 7) is 0. The van der Waals surface area contributed by atoms with Gasteiger partial charge in [0, 0.05) is 23.4 Å². The Morgan fingerprint density at radius 3 is 2.19 bits per heavy atom. The van der Waals surface area contributed by atoms with E-state index in [1.165, 1.54) is 39.5 Å². The van der Waals surface area contributed by atoms with E-state index < -0.39 is 17.0 Å². The van der Waals surface area contributed by atoms with Crippen LogP contribution in [-0.2, 0) is 0 Å². The lowest BCUT2D eigenvalue weighted by Crippen LogP contribution is -2.38. The number of anilines is 1. The molecule has 0 saturated carbocycles. The Morgan fingerprint density at radius 1 is 1.00 bits per heavy atom. The molecular weight excluding hydrogens is 342 g/mol. The van der Waals surface area contributed by atoms with E-state index in [1.54, 1.807) is 12.1 Å². The van der Waals surface area contributed by atoms with E-state index in [2.05, 4.69) is 10.6 Å². The molecular formula is C17H17N3O6. The highest BCUT2D eigenvalue weighted by molar-refractivity contribution is 6.02. The molecule has 0 spiro atoms. The number of carbonyl (C=O) groups excluding carboxylic acids is 1. The first-order valence-corrected chi connectivity index (χ1v) is 7.64. The third-order valence-corrected chi connectivity index (χ3v) is 4.05. The van der Waals surface area contributed by atoms with Gasteiger partial charge >= 0.3 is 0 Å². The monoisotopic (exact) mass is 359 g/mol. The molecule has 26 heavy (non-hydrogen) atoms. The summed E-state index contributed by atoms with van der Waals surface area (Å²) >= 11 is 0. The maximum Gasteiger partial charge on any atom is 0.270 e. The minimum absolute atomic E-state index is 0.146. The van der Waals surface area contributed by atoms with Gasteiger partial charge in [-0.1, -0.05) is 0 Å². The highest BCUT2D eigenvalue weighted by Crippen LogP contribution is 2.40. The number of amides is 1. The molecule has 0 unspecified atom stereocenters. The summed E-state index contributed by atoms with van der Waals surface area (Å²) in [5, 5.41) is 16.8. The number of methoxy groups -OCH3 is 3. The van der Waals surface area contributed by atoms with E-state index in [9.17, 15) is 14.9 Å². The summed E-state index contributed by atoms with van der Waals surface area (Å²) < 4.78 is 15.9. The molecule has 9 heteroatoms. The first-order chi connectivity index (χ1) is 12.5. The minimum atomic E-state index is -0.565. The quantitative estimate of drug-likeness (QED) is 0.623.